The summed E-state index contributed by atoms with van der Waals surface area (Å²) < 4.78 is 0. The molecule has 9 nitrogen and oxygen atoms in total. The Labute approximate surface area is 246 Å². The molecule has 0 saturated heterocycles. The van der Waals surface area contributed by atoms with Gasteiger partial charge in [-0.25, -0.2) is 0 Å². The number of hydrogen-bond donors (Lipinski definition) is 8. The van der Waals surface area contributed by atoms with Crippen LogP contribution >= 0.6 is 0 Å². The molecule has 43 heavy (non-hydrogen) atoms. The fourth-order valence-corrected chi connectivity index (χ4v) is 5.81. The standard InChI is InChI=1S/C34H30O9/c1-17-11-24(22-3-2-4-26(37)33(22)42)31(34(43)23-10-9-21(36)16-28(23)39)25(12-17)32-29(40)13-18(14-30(32)41)5-6-19-7-8-20(35)15-27(19)38/h2-10,12-16,24-25,31,35-42H,11H2,1H3. The molecule has 0 radical (unpaired) electrons. The molecule has 3 atom stereocenters. The third-order valence-electron chi connectivity index (χ3n) is 7.78. The van der Waals surface area contributed by atoms with E-state index < -0.39 is 35.0 Å². The number of para-hydroxylation sites is 1. The molecule has 3 unspecified atom stereocenters. The van der Waals surface area contributed by atoms with Gasteiger partial charge in [-0.2, -0.15) is 0 Å². The molecular weight excluding hydrogens is 552 g/mol. The van der Waals surface area contributed by atoms with Crippen LogP contribution in [-0.2, 0) is 0 Å². The molecule has 0 aromatic heterocycles. The average Bonchev–Trinajstić information content (AvgIpc) is 2.93. The first-order valence-electron chi connectivity index (χ1n) is 13.4. The molecule has 1 aliphatic rings. The summed E-state index contributed by atoms with van der Waals surface area (Å²) in [6.45, 7) is 1.81. The van der Waals surface area contributed by atoms with E-state index in [4.69, 9.17) is 0 Å². The fourth-order valence-electron chi connectivity index (χ4n) is 5.81. The summed E-state index contributed by atoms with van der Waals surface area (Å²) in [5, 5.41) is 83.4. The third kappa shape index (κ3) is 5.65. The van der Waals surface area contributed by atoms with Crippen LogP contribution in [0.5, 0.6) is 46.0 Å². The normalized spacial score (nSPS) is 18.4. The number of hydrogen-bond acceptors (Lipinski definition) is 9. The van der Waals surface area contributed by atoms with Crippen molar-refractivity contribution in [2.75, 3.05) is 0 Å². The zero-order valence-electron chi connectivity index (χ0n) is 23.0. The number of ketones is 1. The van der Waals surface area contributed by atoms with E-state index in [1.807, 2.05) is 6.92 Å². The Balaban J connectivity index is 1.63. The average molecular weight is 583 g/mol. The van der Waals surface area contributed by atoms with E-state index in [1.54, 1.807) is 18.2 Å². The van der Waals surface area contributed by atoms with Gasteiger partial charge in [0.1, 0.15) is 34.5 Å². The maximum atomic E-state index is 14.2. The molecule has 0 amide bonds. The Hall–Kier alpha value is -5.57. The van der Waals surface area contributed by atoms with Gasteiger partial charge in [0, 0.05) is 46.6 Å². The lowest BCUT2D eigenvalue weighted by atomic mass is 9.65. The molecule has 0 spiro atoms. The van der Waals surface area contributed by atoms with Crippen molar-refractivity contribution in [3.05, 3.63) is 106 Å². The summed E-state index contributed by atoms with van der Waals surface area (Å²) in [5.74, 6) is -5.69. The van der Waals surface area contributed by atoms with Crippen LogP contribution in [0.3, 0.4) is 0 Å². The molecule has 4 aromatic rings. The number of rotatable bonds is 6. The van der Waals surface area contributed by atoms with Crippen molar-refractivity contribution < 1.29 is 45.6 Å². The van der Waals surface area contributed by atoms with Crippen LogP contribution in [0.15, 0.2) is 78.4 Å². The highest BCUT2D eigenvalue weighted by molar-refractivity contribution is 6.02. The molecule has 0 bridgehead atoms. The monoisotopic (exact) mass is 582 g/mol. The van der Waals surface area contributed by atoms with Crippen LogP contribution in [0.25, 0.3) is 12.2 Å². The van der Waals surface area contributed by atoms with E-state index >= 15 is 0 Å². The summed E-state index contributed by atoms with van der Waals surface area (Å²) in [4.78, 5) is 14.2. The predicted molar refractivity (Wildman–Crippen MR) is 160 cm³/mol. The number of allylic oxidation sites excluding steroid dienone is 2. The summed E-state index contributed by atoms with van der Waals surface area (Å²) in [6, 6.07) is 14.9. The van der Waals surface area contributed by atoms with E-state index in [-0.39, 0.29) is 51.2 Å². The third-order valence-corrected chi connectivity index (χ3v) is 7.78. The highest BCUT2D eigenvalue weighted by atomic mass is 16.3. The molecule has 4 aromatic carbocycles. The number of Topliss-reactive ketones (excluding diaryl/α,β-unsaturated/α-hetero) is 1. The Morgan fingerprint density at radius 3 is 2.02 bits per heavy atom. The van der Waals surface area contributed by atoms with Crippen LogP contribution < -0.4 is 0 Å². The van der Waals surface area contributed by atoms with Crippen molar-refractivity contribution in [1.29, 1.82) is 0 Å². The smallest absolute Gasteiger partial charge is 0.171 e. The Morgan fingerprint density at radius 1 is 0.721 bits per heavy atom. The minimum atomic E-state index is -1.07. The first-order chi connectivity index (χ1) is 20.4. The minimum absolute atomic E-state index is 0.0462. The van der Waals surface area contributed by atoms with E-state index in [9.17, 15) is 45.6 Å². The van der Waals surface area contributed by atoms with E-state index in [0.29, 0.717) is 17.5 Å². The van der Waals surface area contributed by atoms with Crippen LogP contribution in [0, 0.1) is 5.92 Å². The first-order valence-corrected chi connectivity index (χ1v) is 13.4. The second-order valence-electron chi connectivity index (χ2n) is 10.7. The van der Waals surface area contributed by atoms with Gasteiger partial charge < -0.3 is 40.9 Å². The van der Waals surface area contributed by atoms with E-state index in [1.165, 1.54) is 60.7 Å². The number of phenolic OH excluding ortho intramolecular Hbond substituents is 8. The topological polar surface area (TPSA) is 179 Å². The zero-order chi connectivity index (χ0) is 31.0. The molecule has 0 heterocycles. The second-order valence-corrected chi connectivity index (χ2v) is 10.7. The van der Waals surface area contributed by atoms with Crippen molar-refractivity contribution in [2.45, 2.75) is 25.2 Å². The number of phenols is 8. The number of carbonyl (C=O) groups is 1. The van der Waals surface area contributed by atoms with Crippen LogP contribution in [0.2, 0.25) is 0 Å². The lowest BCUT2D eigenvalue weighted by molar-refractivity contribution is 0.0876. The molecule has 1 aliphatic carbocycles. The van der Waals surface area contributed by atoms with Gasteiger partial charge in [0.05, 0.1) is 5.56 Å². The van der Waals surface area contributed by atoms with Gasteiger partial charge in [0.2, 0.25) is 0 Å². The van der Waals surface area contributed by atoms with Crippen LogP contribution in [-0.4, -0.2) is 46.6 Å². The maximum absolute atomic E-state index is 14.2. The predicted octanol–water partition coefficient (Wildman–Crippen LogP) is 6.22. The van der Waals surface area contributed by atoms with Crippen LogP contribution in [0.1, 0.15) is 57.8 Å². The molecule has 9 heteroatoms. The van der Waals surface area contributed by atoms with Crippen molar-refractivity contribution in [3.63, 3.8) is 0 Å². The maximum Gasteiger partial charge on any atom is 0.171 e. The lowest BCUT2D eigenvalue weighted by Gasteiger charge is -2.37. The highest BCUT2D eigenvalue weighted by Crippen LogP contribution is 2.53. The Bertz CT molecular complexity index is 1760. The van der Waals surface area contributed by atoms with Crippen molar-refractivity contribution in [2.24, 2.45) is 5.92 Å². The van der Waals surface area contributed by atoms with Crippen molar-refractivity contribution in [1.82, 2.24) is 0 Å². The van der Waals surface area contributed by atoms with Crippen molar-refractivity contribution in [3.8, 4) is 46.0 Å². The molecule has 220 valence electrons. The second kappa shape index (κ2) is 11.4. The van der Waals surface area contributed by atoms with Gasteiger partial charge in [-0.1, -0.05) is 35.9 Å². The fraction of sp³-hybridized carbons (Fsp3) is 0.147. The largest absolute Gasteiger partial charge is 0.508 e. The van der Waals surface area contributed by atoms with Gasteiger partial charge in [0.25, 0.3) is 0 Å². The summed E-state index contributed by atoms with van der Waals surface area (Å²) in [7, 11) is 0. The van der Waals surface area contributed by atoms with Crippen LogP contribution in [0.4, 0.5) is 0 Å². The van der Waals surface area contributed by atoms with Gasteiger partial charge in [-0.3, -0.25) is 4.79 Å². The summed E-state index contributed by atoms with van der Waals surface area (Å²) in [5.41, 5.74) is 1.79. The lowest BCUT2D eigenvalue weighted by Crippen LogP contribution is -2.31. The SMILES string of the molecule is CC1=CC(c2c(O)cc(C=Cc3ccc(O)cc3O)cc2O)C(C(=O)c2ccc(O)cc2O)C(c2cccc(O)c2O)C1. The number of benzene rings is 4. The highest BCUT2D eigenvalue weighted by Gasteiger charge is 2.43. The molecule has 5 rings (SSSR count). The molecule has 8 N–H and O–H groups in total. The number of aromatic hydroxyl groups is 8. The molecule has 0 fully saturated rings. The Morgan fingerprint density at radius 2 is 1.37 bits per heavy atom. The summed E-state index contributed by atoms with van der Waals surface area (Å²) in [6.07, 6.45) is 5.12. The molecule has 0 aliphatic heterocycles. The van der Waals surface area contributed by atoms with Gasteiger partial charge in [0.15, 0.2) is 17.3 Å². The van der Waals surface area contributed by atoms with E-state index in [0.717, 1.165) is 11.6 Å². The minimum Gasteiger partial charge on any atom is -0.508 e. The summed E-state index contributed by atoms with van der Waals surface area (Å²) >= 11 is 0. The zero-order valence-corrected chi connectivity index (χ0v) is 23.0. The quantitative estimate of drug-likeness (QED) is 0.0567. The molecular formula is C34H30O9. The first kappa shape index (κ1) is 28.9. The van der Waals surface area contributed by atoms with Gasteiger partial charge in [-0.15, -0.1) is 0 Å². The van der Waals surface area contributed by atoms with Gasteiger partial charge >= 0.3 is 0 Å². The van der Waals surface area contributed by atoms with Gasteiger partial charge in [-0.05, 0) is 61.4 Å². The van der Waals surface area contributed by atoms with Crippen molar-refractivity contribution >= 4 is 17.9 Å². The van der Waals surface area contributed by atoms with E-state index in [2.05, 4.69) is 0 Å². The Kier molecular flexibility index (Phi) is 7.65. The number of carbonyl (C=O) groups excluding carboxylic acids is 1. The molecule has 0 saturated carbocycles.